The summed E-state index contributed by atoms with van der Waals surface area (Å²) in [7, 11) is 0. The SMILES string of the molecule is N#Cc1cnn2c(-c3cc(NC4CCOCC4)c(C(N)=S)cn3)ccc2c1. The van der Waals surface area contributed by atoms with E-state index >= 15 is 0 Å². The molecule has 3 N–H and O–H groups in total. The Bertz CT molecular complexity index is 1050. The summed E-state index contributed by atoms with van der Waals surface area (Å²) >= 11 is 5.19. The van der Waals surface area contributed by atoms with E-state index in [0.717, 1.165) is 54.2 Å². The molecular weight excluding hydrogens is 360 g/mol. The minimum Gasteiger partial charge on any atom is -0.389 e. The molecule has 3 aromatic heterocycles. The number of anilines is 1. The third kappa shape index (κ3) is 3.47. The summed E-state index contributed by atoms with van der Waals surface area (Å²) in [6.07, 6.45) is 5.10. The molecule has 0 bridgehead atoms. The fourth-order valence-electron chi connectivity index (χ4n) is 3.23. The molecular formula is C19H18N6OS. The molecule has 1 saturated heterocycles. The molecule has 0 aliphatic carbocycles. The number of nitrogens with one attached hydrogen (secondary N) is 1. The largest absolute Gasteiger partial charge is 0.389 e. The maximum Gasteiger partial charge on any atom is 0.107 e. The van der Waals surface area contributed by atoms with Gasteiger partial charge in [-0.05, 0) is 37.1 Å². The minimum atomic E-state index is 0.306. The summed E-state index contributed by atoms with van der Waals surface area (Å²) < 4.78 is 7.19. The molecule has 136 valence electrons. The van der Waals surface area contributed by atoms with Crippen LogP contribution in [-0.4, -0.2) is 38.8 Å². The van der Waals surface area contributed by atoms with Crippen molar-refractivity contribution in [3.63, 3.8) is 0 Å². The van der Waals surface area contributed by atoms with Gasteiger partial charge >= 0.3 is 0 Å². The van der Waals surface area contributed by atoms with Gasteiger partial charge in [-0.2, -0.15) is 10.4 Å². The van der Waals surface area contributed by atoms with Gasteiger partial charge in [0.1, 0.15) is 11.1 Å². The first-order chi connectivity index (χ1) is 13.2. The first kappa shape index (κ1) is 17.4. The maximum atomic E-state index is 9.04. The van der Waals surface area contributed by atoms with E-state index in [-0.39, 0.29) is 0 Å². The van der Waals surface area contributed by atoms with Gasteiger partial charge < -0.3 is 15.8 Å². The molecule has 0 atom stereocenters. The minimum absolute atomic E-state index is 0.306. The van der Waals surface area contributed by atoms with E-state index in [9.17, 15) is 0 Å². The van der Waals surface area contributed by atoms with E-state index in [2.05, 4.69) is 21.5 Å². The van der Waals surface area contributed by atoms with Crippen LogP contribution in [0.1, 0.15) is 24.0 Å². The second-order valence-corrected chi connectivity index (χ2v) is 6.86. The fraction of sp³-hybridized carbons (Fsp3) is 0.263. The topological polar surface area (TPSA) is 101 Å². The van der Waals surface area contributed by atoms with Gasteiger partial charge in [0.25, 0.3) is 0 Å². The first-order valence-corrected chi connectivity index (χ1v) is 9.09. The monoisotopic (exact) mass is 378 g/mol. The number of hydrogen-bond acceptors (Lipinski definition) is 6. The molecule has 0 spiro atoms. The highest BCUT2D eigenvalue weighted by Gasteiger charge is 2.18. The van der Waals surface area contributed by atoms with Gasteiger partial charge in [-0.3, -0.25) is 4.98 Å². The molecule has 7 nitrogen and oxygen atoms in total. The molecule has 0 radical (unpaired) electrons. The Morgan fingerprint density at radius 2 is 2.11 bits per heavy atom. The van der Waals surface area contributed by atoms with Crippen molar-refractivity contribution < 1.29 is 4.74 Å². The van der Waals surface area contributed by atoms with Crippen LogP contribution in [0, 0.1) is 11.3 Å². The van der Waals surface area contributed by atoms with Gasteiger partial charge in [0.15, 0.2) is 0 Å². The molecule has 8 heteroatoms. The number of aromatic nitrogens is 3. The van der Waals surface area contributed by atoms with Gasteiger partial charge in [0.2, 0.25) is 0 Å². The first-order valence-electron chi connectivity index (χ1n) is 8.68. The van der Waals surface area contributed by atoms with E-state index in [1.807, 2.05) is 18.2 Å². The Balaban J connectivity index is 1.74. The van der Waals surface area contributed by atoms with Crippen LogP contribution in [0.2, 0.25) is 0 Å². The quantitative estimate of drug-likeness (QED) is 0.673. The Labute approximate surface area is 161 Å². The van der Waals surface area contributed by atoms with Crippen molar-refractivity contribution in [1.29, 1.82) is 5.26 Å². The van der Waals surface area contributed by atoms with Gasteiger partial charge in [0.05, 0.1) is 34.2 Å². The van der Waals surface area contributed by atoms with E-state index < -0.39 is 0 Å². The summed E-state index contributed by atoms with van der Waals surface area (Å²) in [5, 5.41) is 16.9. The lowest BCUT2D eigenvalue weighted by atomic mass is 10.1. The van der Waals surface area contributed by atoms with Crippen molar-refractivity contribution in [2.24, 2.45) is 5.73 Å². The Hall–Kier alpha value is -3.02. The predicted octanol–water partition coefficient (Wildman–Crippen LogP) is 2.49. The standard InChI is InChI=1S/C19H18N6OS/c20-9-12-7-14-1-2-18(25(14)23-10-12)17-8-16(15(11-22-17)19(21)27)24-13-3-5-26-6-4-13/h1-2,7-8,10-11,13H,3-6H2,(H2,21,27)(H,22,24). The number of pyridine rings is 1. The fourth-order valence-corrected chi connectivity index (χ4v) is 3.39. The van der Waals surface area contributed by atoms with Crippen LogP contribution in [0.15, 0.2) is 36.7 Å². The normalized spacial score (nSPS) is 14.8. The second-order valence-electron chi connectivity index (χ2n) is 6.42. The molecule has 1 aliphatic heterocycles. The van der Waals surface area contributed by atoms with Crippen LogP contribution < -0.4 is 11.1 Å². The average molecular weight is 378 g/mol. The van der Waals surface area contributed by atoms with Crippen LogP contribution in [0.4, 0.5) is 5.69 Å². The summed E-state index contributed by atoms with van der Waals surface area (Å²) in [5.41, 5.74) is 10.4. The van der Waals surface area contributed by atoms with Crippen LogP contribution in [-0.2, 0) is 4.74 Å². The van der Waals surface area contributed by atoms with Gasteiger partial charge in [-0.1, -0.05) is 12.2 Å². The van der Waals surface area contributed by atoms with Crippen molar-refractivity contribution in [3.8, 4) is 17.5 Å². The smallest absolute Gasteiger partial charge is 0.107 e. The van der Waals surface area contributed by atoms with Gasteiger partial charge in [-0.25, -0.2) is 4.52 Å². The number of nitriles is 1. The molecule has 0 saturated carbocycles. The number of hydrogen-bond donors (Lipinski definition) is 2. The molecule has 1 aliphatic rings. The van der Waals surface area contributed by atoms with Crippen molar-refractivity contribution in [1.82, 2.24) is 14.6 Å². The Kier molecular flexibility index (Phi) is 4.71. The number of rotatable bonds is 4. The maximum absolute atomic E-state index is 9.04. The predicted molar refractivity (Wildman–Crippen MR) is 106 cm³/mol. The van der Waals surface area contributed by atoms with Gasteiger partial charge in [-0.15, -0.1) is 0 Å². The highest BCUT2D eigenvalue weighted by Crippen LogP contribution is 2.27. The molecule has 4 heterocycles. The summed E-state index contributed by atoms with van der Waals surface area (Å²) in [4.78, 5) is 4.84. The lowest BCUT2D eigenvalue weighted by Gasteiger charge is -2.25. The second kappa shape index (κ2) is 7.31. The zero-order valence-corrected chi connectivity index (χ0v) is 15.4. The van der Waals surface area contributed by atoms with Crippen LogP contribution in [0.5, 0.6) is 0 Å². The van der Waals surface area contributed by atoms with Crippen molar-refractivity contribution >= 4 is 28.4 Å². The number of thiocarbonyl (C=S) groups is 1. The van der Waals surface area contributed by atoms with Crippen LogP contribution in [0.3, 0.4) is 0 Å². The third-order valence-electron chi connectivity index (χ3n) is 4.64. The van der Waals surface area contributed by atoms with Crippen LogP contribution in [0.25, 0.3) is 16.9 Å². The molecule has 0 aromatic carbocycles. The highest BCUT2D eigenvalue weighted by atomic mass is 32.1. The molecule has 3 aromatic rings. The Morgan fingerprint density at radius 1 is 1.30 bits per heavy atom. The molecule has 1 fully saturated rings. The van der Waals surface area contributed by atoms with Crippen LogP contribution >= 0.6 is 12.2 Å². The summed E-state index contributed by atoms with van der Waals surface area (Å²) in [6.45, 7) is 1.49. The van der Waals surface area contributed by atoms with Crippen molar-refractivity contribution in [2.75, 3.05) is 18.5 Å². The molecule has 0 amide bonds. The highest BCUT2D eigenvalue weighted by molar-refractivity contribution is 7.80. The molecule has 0 unspecified atom stereocenters. The zero-order valence-electron chi connectivity index (χ0n) is 14.6. The number of fused-ring (bicyclic) bond motifs is 1. The average Bonchev–Trinajstić information content (AvgIpc) is 3.11. The van der Waals surface area contributed by atoms with Crippen molar-refractivity contribution in [3.05, 3.63) is 47.8 Å². The van der Waals surface area contributed by atoms with E-state index in [1.54, 1.807) is 23.0 Å². The zero-order chi connectivity index (χ0) is 18.8. The lowest BCUT2D eigenvalue weighted by molar-refractivity contribution is 0.0904. The number of nitrogens with zero attached hydrogens (tertiary/aromatic N) is 4. The number of nitrogens with two attached hydrogens (primary N) is 1. The summed E-state index contributed by atoms with van der Waals surface area (Å²) in [6, 6.07) is 10.0. The van der Waals surface area contributed by atoms with Gasteiger partial charge in [0, 0.05) is 31.1 Å². The molecule has 27 heavy (non-hydrogen) atoms. The van der Waals surface area contributed by atoms with Crippen molar-refractivity contribution in [2.45, 2.75) is 18.9 Å². The number of ether oxygens (including phenoxy) is 1. The summed E-state index contributed by atoms with van der Waals surface area (Å²) in [5.74, 6) is 0. The lowest BCUT2D eigenvalue weighted by Crippen LogP contribution is -2.29. The van der Waals surface area contributed by atoms with E-state index in [4.69, 9.17) is 28.0 Å². The van der Waals surface area contributed by atoms with E-state index in [1.165, 1.54) is 0 Å². The van der Waals surface area contributed by atoms with E-state index in [0.29, 0.717) is 16.6 Å². The molecule has 4 rings (SSSR count). The third-order valence-corrected chi connectivity index (χ3v) is 4.86. The Morgan fingerprint density at radius 3 is 2.85 bits per heavy atom.